The number of halogens is 2. The first-order chi connectivity index (χ1) is 20.4. The van der Waals surface area contributed by atoms with Crippen LogP contribution in [-0.4, -0.2) is 38.9 Å². The van der Waals surface area contributed by atoms with E-state index in [4.69, 9.17) is 42.1 Å². The molecule has 1 atom stereocenters. The topological polar surface area (TPSA) is 71.1 Å². The van der Waals surface area contributed by atoms with Gasteiger partial charge in [-0.1, -0.05) is 71.7 Å². The van der Waals surface area contributed by atoms with Crippen LogP contribution in [-0.2, 0) is 27.1 Å². The Kier molecular flexibility index (Phi) is 14.5. The zero-order chi connectivity index (χ0) is 30.2. The molecule has 6 nitrogen and oxygen atoms in total. The van der Waals surface area contributed by atoms with Crippen LogP contribution in [0.1, 0.15) is 72.9 Å². The van der Waals surface area contributed by atoms with Crippen LogP contribution in [0.15, 0.2) is 66.7 Å². The fourth-order valence-electron chi connectivity index (χ4n) is 4.68. The minimum atomic E-state index is -0.530. The van der Waals surface area contributed by atoms with Crippen LogP contribution in [0.25, 0.3) is 0 Å². The molecule has 3 rings (SSSR count). The average Bonchev–Trinajstić information content (AvgIpc) is 3.01. The highest BCUT2D eigenvalue weighted by atomic mass is 35.5. The third-order valence-electron chi connectivity index (χ3n) is 7.01. The zero-order valence-electron chi connectivity index (χ0n) is 24.4. The molecule has 1 unspecified atom stereocenters. The molecule has 0 aromatic heterocycles. The van der Waals surface area contributed by atoms with Crippen molar-refractivity contribution >= 4 is 35.1 Å². The van der Waals surface area contributed by atoms with Crippen LogP contribution in [0, 0.1) is 0 Å². The summed E-state index contributed by atoms with van der Waals surface area (Å²) in [6.45, 7) is 0.664. The van der Waals surface area contributed by atoms with Gasteiger partial charge in [0.05, 0.1) is 42.5 Å². The van der Waals surface area contributed by atoms with Crippen molar-refractivity contribution < 1.29 is 28.5 Å². The van der Waals surface area contributed by atoms with E-state index >= 15 is 0 Å². The molecule has 0 heterocycles. The lowest BCUT2D eigenvalue weighted by Crippen LogP contribution is -2.19. The number of benzene rings is 3. The molecule has 42 heavy (non-hydrogen) atoms. The van der Waals surface area contributed by atoms with E-state index in [0.717, 1.165) is 49.8 Å². The Morgan fingerprint density at radius 3 is 2.19 bits per heavy atom. The van der Waals surface area contributed by atoms with Crippen LogP contribution in [0.2, 0.25) is 10.0 Å². The fourth-order valence-corrected chi connectivity index (χ4v) is 5.26. The summed E-state index contributed by atoms with van der Waals surface area (Å²) in [5.74, 6) is 0.438. The molecule has 0 bridgehead atoms. The van der Waals surface area contributed by atoms with Gasteiger partial charge in [0.15, 0.2) is 5.75 Å². The van der Waals surface area contributed by atoms with Gasteiger partial charge in [-0.15, -0.1) is 0 Å². The highest BCUT2D eigenvalue weighted by molar-refractivity contribution is 6.37. The summed E-state index contributed by atoms with van der Waals surface area (Å²) < 4.78 is 22.1. The van der Waals surface area contributed by atoms with Crippen LogP contribution < -0.4 is 9.47 Å². The van der Waals surface area contributed by atoms with Crippen molar-refractivity contribution in [3.63, 3.8) is 0 Å². The molecular weight excluding hydrogens is 575 g/mol. The number of esters is 2. The Balaban J connectivity index is 1.59. The minimum absolute atomic E-state index is 0.229. The van der Waals surface area contributed by atoms with Gasteiger partial charge in [0.25, 0.3) is 0 Å². The predicted octanol–water partition coefficient (Wildman–Crippen LogP) is 8.69. The summed E-state index contributed by atoms with van der Waals surface area (Å²) >= 11 is 12.9. The Bertz CT molecular complexity index is 1240. The number of rotatable bonds is 18. The van der Waals surface area contributed by atoms with Gasteiger partial charge < -0.3 is 18.9 Å². The molecule has 0 spiro atoms. The second-order valence-electron chi connectivity index (χ2n) is 10.1. The molecule has 8 heteroatoms. The molecule has 0 amide bonds. The summed E-state index contributed by atoms with van der Waals surface area (Å²) in [6, 6.07) is 21.6. The second-order valence-corrected chi connectivity index (χ2v) is 10.9. The third-order valence-corrected chi connectivity index (χ3v) is 7.57. The third kappa shape index (κ3) is 11.2. The Morgan fingerprint density at radius 1 is 0.762 bits per heavy atom. The molecule has 3 aromatic rings. The van der Waals surface area contributed by atoms with Gasteiger partial charge in [-0.2, -0.15) is 0 Å². The van der Waals surface area contributed by atoms with E-state index in [1.54, 1.807) is 0 Å². The lowest BCUT2D eigenvalue weighted by Gasteiger charge is -2.22. The van der Waals surface area contributed by atoms with Crippen LogP contribution >= 0.6 is 23.2 Å². The molecule has 0 radical (unpaired) electrons. The number of para-hydroxylation sites is 1. The van der Waals surface area contributed by atoms with Crippen molar-refractivity contribution in [3.05, 3.63) is 93.5 Å². The maximum absolute atomic E-state index is 12.0. The number of hydrogen-bond donors (Lipinski definition) is 0. The summed E-state index contributed by atoms with van der Waals surface area (Å²) in [6.07, 6.45) is 7.97. The largest absolute Gasteiger partial charge is 0.493 e. The molecule has 0 fully saturated rings. The Labute approximate surface area is 259 Å². The minimum Gasteiger partial charge on any atom is -0.493 e. The molecule has 0 saturated carbocycles. The lowest BCUT2D eigenvalue weighted by molar-refractivity contribution is -0.140. The number of carbonyl (C=O) groups excluding carboxylic acids is 2. The van der Waals surface area contributed by atoms with Crippen molar-refractivity contribution in [2.75, 3.05) is 20.8 Å². The monoisotopic (exact) mass is 614 g/mol. The predicted molar refractivity (Wildman–Crippen MR) is 167 cm³/mol. The van der Waals surface area contributed by atoms with Crippen LogP contribution in [0.5, 0.6) is 11.5 Å². The number of carbonyl (C=O) groups is 2. The van der Waals surface area contributed by atoms with Gasteiger partial charge >= 0.3 is 11.9 Å². The molecular formula is C34H40Cl2O6. The molecule has 226 valence electrons. The summed E-state index contributed by atoms with van der Waals surface area (Å²) in [5, 5.41) is 0.469. The van der Waals surface area contributed by atoms with E-state index in [9.17, 15) is 9.59 Å². The quantitative estimate of drug-likeness (QED) is 0.105. The standard InChI is InChI=1S/C34H40Cl2O6/c1-39-32(37)19-11-9-17-28(42-33-29(35)23-27(24-30(33)36)34(38)40-2)21-20-26-16-8-10-18-31(26)41-22-12-4-7-15-25-13-5-3-6-14-25/h3,5-6,8,10,13-14,16,18,23-24,28H,4,7,9,11-12,15,17,19-22H2,1-2H3. The molecule has 0 aliphatic rings. The van der Waals surface area contributed by atoms with Gasteiger partial charge in [-0.3, -0.25) is 4.79 Å². The van der Waals surface area contributed by atoms with Gasteiger partial charge in [0, 0.05) is 6.42 Å². The van der Waals surface area contributed by atoms with Crippen molar-refractivity contribution in [1.82, 2.24) is 0 Å². The van der Waals surface area contributed by atoms with Crippen molar-refractivity contribution in [1.29, 1.82) is 0 Å². The van der Waals surface area contributed by atoms with E-state index in [-0.39, 0.29) is 27.7 Å². The summed E-state index contributed by atoms with van der Waals surface area (Å²) in [4.78, 5) is 23.5. The van der Waals surface area contributed by atoms with E-state index in [2.05, 4.69) is 30.3 Å². The van der Waals surface area contributed by atoms with E-state index in [0.29, 0.717) is 38.0 Å². The fraction of sp³-hybridized carbons (Fsp3) is 0.412. The Morgan fingerprint density at radius 2 is 1.48 bits per heavy atom. The van der Waals surface area contributed by atoms with Crippen LogP contribution in [0.4, 0.5) is 0 Å². The van der Waals surface area contributed by atoms with Gasteiger partial charge in [0.1, 0.15) is 5.75 Å². The van der Waals surface area contributed by atoms with Crippen molar-refractivity contribution in [2.45, 2.75) is 70.3 Å². The van der Waals surface area contributed by atoms with Gasteiger partial charge in [-0.05, 0) is 87.1 Å². The molecule has 0 N–H and O–H groups in total. The maximum atomic E-state index is 12.0. The second kappa shape index (κ2) is 18.3. The van der Waals surface area contributed by atoms with Gasteiger partial charge in [0.2, 0.25) is 0 Å². The number of methoxy groups -OCH3 is 2. The van der Waals surface area contributed by atoms with E-state index < -0.39 is 5.97 Å². The normalized spacial score (nSPS) is 11.5. The molecule has 3 aromatic carbocycles. The first kappa shape index (κ1) is 33.3. The van der Waals surface area contributed by atoms with Crippen LogP contribution in [0.3, 0.4) is 0 Å². The van der Waals surface area contributed by atoms with Crippen molar-refractivity contribution in [2.24, 2.45) is 0 Å². The summed E-state index contributed by atoms with van der Waals surface area (Å²) in [5.41, 5.74) is 2.72. The smallest absolute Gasteiger partial charge is 0.337 e. The lowest BCUT2D eigenvalue weighted by atomic mass is 10.0. The number of ether oxygens (including phenoxy) is 4. The Hall–Kier alpha value is -3.22. The molecule has 0 saturated heterocycles. The highest BCUT2D eigenvalue weighted by Gasteiger charge is 2.19. The number of unbranched alkanes of at least 4 members (excludes halogenated alkanes) is 3. The van der Waals surface area contributed by atoms with E-state index in [1.807, 2.05) is 24.3 Å². The summed E-state index contributed by atoms with van der Waals surface area (Å²) in [7, 11) is 2.69. The maximum Gasteiger partial charge on any atom is 0.337 e. The first-order valence-electron chi connectivity index (χ1n) is 14.5. The molecule has 0 aliphatic carbocycles. The SMILES string of the molecule is COC(=O)CCCCC(CCc1ccccc1OCCCCCc1ccccc1)Oc1c(Cl)cc(C(=O)OC)cc1Cl. The van der Waals surface area contributed by atoms with Crippen molar-refractivity contribution in [3.8, 4) is 11.5 Å². The highest BCUT2D eigenvalue weighted by Crippen LogP contribution is 2.36. The van der Waals surface area contributed by atoms with Gasteiger partial charge in [-0.25, -0.2) is 4.79 Å². The number of hydrogen-bond acceptors (Lipinski definition) is 6. The average molecular weight is 616 g/mol. The number of aryl methyl sites for hydroxylation is 2. The first-order valence-corrected chi connectivity index (χ1v) is 15.2. The molecule has 0 aliphatic heterocycles. The zero-order valence-corrected chi connectivity index (χ0v) is 25.9. The van der Waals surface area contributed by atoms with E-state index in [1.165, 1.54) is 31.9 Å².